The van der Waals surface area contributed by atoms with Crippen molar-refractivity contribution in [3.05, 3.63) is 71.5 Å². The second-order valence-electron chi connectivity index (χ2n) is 5.71. The Morgan fingerprint density at radius 1 is 1.08 bits per heavy atom. The zero-order valence-electron chi connectivity index (χ0n) is 13.4. The zero-order chi connectivity index (χ0) is 17.6. The Labute approximate surface area is 141 Å². The zero-order valence-corrected chi connectivity index (χ0v) is 14.2. The van der Waals surface area contributed by atoms with Crippen LogP contribution in [0.15, 0.2) is 54.6 Å². The highest BCUT2D eigenvalue weighted by Gasteiger charge is 2.19. The van der Waals surface area contributed by atoms with Crippen molar-refractivity contribution in [2.24, 2.45) is 0 Å². The van der Waals surface area contributed by atoms with Crippen LogP contribution in [0, 0.1) is 5.82 Å². The van der Waals surface area contributed by atoms with E-state index >= 15 is 0 Å². The molecule has 6 heteroatoms. The smallest absolute Gasteiger partial charge is 0.220 e. The molecule has 1 amide bonds. The van der Waals surface area contributed by atoms with Crippen LogP contribution in [-0.4, -0.2) is 26.3 Å². The molecule has 2 rings (SSSR count). The highest BCUT2D eigenvalue weighted by atomic mass is 32.2. The minimum absolute atomic E-state index is 0.0913. The molecule has 2 aromatic rings. The van der Waals surface area contributed by atoms with Crippen LogP contribution in [0.2, 0.25) is 0 Å². The average molecular weight is 349 g/mol. The van der Waals surface area contributed by atoms with Crippen molar-refractivity contribution >= 4 is 15.7 Å². The summed E-state index contributed by atoms with van der Waals surface area (Å²) in [6.07, 6.45) is 1.49. The van der Waals surface area contributed by atoms with Crippen molar-refractivity contribution in [3.8, 4) is 0 Å². The Kier molecular flexibility index (Phi) is 6.09. The van der Waals surface area contributed by atoms with Gasteiger partial charge in [-0.2, -0.15) is 0 Å². The first-order chi connectivity index (χ1) is 11.3. The Morgan fingerprint density at radius 3 is 2.33 bits per heavy atom. The number of carbonyl (C=O) groups excluding carboxylic acids is 1. The van der Waals surface area contributed by atoms with Gasteiger partial charge in [-0.1, -0.05) is 48.5 Å². The molecular formula is C18H20FNO3S. The number of rotatable bonds is 7. The van der Waals surface area contributed by atoms with Gasteiger partial charge in [0.15, 0.2) is 0 Å². The van der Waals surface area contributed by atoms with E-state index < -0.39 is 15.9 Å². The van der Waals surface area contributed by atoms with E-state index in [0.29, 0.717) is 5.56 Å². The molecule has 0 fully saturated rings. The third-order valence-corrected chi connectivity index (χ3v) is 4.52. The van der Waals surface area contributed by atoms with Gasteiger partial charge in [0, 0.05) is 12.7 Å². The monoisotopic (exact) mass is 349 g/mol. The summed E-state index contributed by atoms with van der Waals surface area (Å²) in [6, 6.07) is 14.6. The van der Waals surface area contributed by atoms with E-state index in [4.69, 9.17) is 0 Å². The number of halogens is 1. The molecule has 128 valence electrons. The first-order valence-corrected chi connectivity index (χ1v) is 9.66. The van der Waals surface area contributed by atoms with E-state index in [1.165, 1.54) is 6.07 Å². The largest absolute Gasteiger partial charge is 0.348 e. The fraction of sp³-hybridized carbons (Fsp3) is 0.278. The Morgan fingerprint density at radius 2 is 1.71 bits per heavy atom. The van der Waals surface area contributed by atoms with Crippen molar-refractivity contribution < 1.29 is 17.6 Å². The molecule has 1 N–H and O–H groups in total. The molecule has 0 aromatic heterocycles. The quantitative estimate of drug-likeness (QED) is 0.836. The van der Waals surface area contributed by atoms with Gasteiger partial charge in [0.2, 0.25) is 5.91 Å². The van der Waals surface area contributed by atoms with Crippen LogP contribution in [0.3, 0.4) is 0 Å². The fourth-order valence-electron chi connectivity index (χ4n) is 2.43. The van der Waals surface area contributed by atoms with Crippen LogP contribution < -0.4 is 5.32 Å². The second kappa shape index (κ2) is 8.06. The normalized spacial score (nSPS) is 12.6. The molecule has 0 spiro atoms. The number of nitrogens with one attached hydrogen (secondary N) is 1. The average Bonchev–Trinajstić information content (AvgIpc) is 2.53. The summed E-state index contributed by atoms with van der Waals surface area (Å²) in [5.41, 5.74) is 1.19. The van der Waals surface area contributed by atoms with Crippen molar-refractivity contribution in [2.45, 2.75) is 18.9 Å². The van der Waals surface area contributed by atoms with Gasteiger partial charge in [0.25, 0.3) is 0 Å². The number of hydrogen-bond donors (Lipinski definition) is 1. The molecule has 0 heterocycles. The molecule has 0 aliphatic carbocycles. The lowest BCUT2D eigenvalue weighted by Crippen LogP contribution is -2.33. The highest BCUT2D eigenvalue weighted by Crippen LogP contribution is 2.16. The van der Waals surface area contributed by atoms with Gasteiger partial charge in [0.1, 0.15) is 15.7 Å². The van der Waals surface area contributed by atoms with Gasteiger partial charge in [-0.15, -0.1) is 0 Å². The molecule has 0 aliphatic rings. The molecule has 0 aliphatic heterocycles. The third kappa shape index (κ3) is 5.77. The van der Waals surface area contributed by atoms with Crippen LogP contribution >= 0.6 is 0 Å². The van der Waals surface area contributed by atoms with Gasteiger partial charge >= 0.3 is 0 Å². The molecule has 0 bridgehead atoms. The van der Waals surface area contributed by atoms with Crippen molar-refractivity contribution in [1.29, 1.82) is 0 Å². The summed E-state index contributed by atoms with van der Waals surface area (Å²) in [7, 11) is -3.27. The lowest BCUT2D eigenvalue weighted by Gasteiger charge is -2.18. The summed E-state index contributed by atoms with van der Waals surface area (Å²) in [5, 5.41) is 2.74. The van der Waals surface area contributed by atoms with Crippen LogP contribution in [0.25, 0.3) is 0 Å². The number of carbonyl (C=O) groups is 1. The van der Waals surface area contributed by atoms with E-state index in [2.05, 4.69) is 5.32 Å². The molecule has 4 nitrogen and oxygen atoms in total. The summed E-state index contributed by atoms with van der Waals surface area (Å²) in [4.78, 5) is 12.2. The summed E-state index contributed by atoms with van der Waals surface area (Å²) < 4.78 is 36.8. The molecular weight excluding hydrogens is 329 g/mol. The SMILES string of the molecule is CS(=O)(=O)C[C@@H](NC(=O)CCc1ccccc1F)c1ccccc1. The van der Waals surface area contributed by atoms with E-state index in [0.717, 1.165) is 11.8 Å². The van der Waals surface area contributed by atoms with Gasteiger partial charge < -0.3 is 5.32 Å². The van der Waals surface area contributed by atoms with E-state index in [1.54, 1.807) is 42.5 Å². The molecule has 0 radical (unpaired) electrons. The Hall–Kier alpha value is -2.21. The van der Waals surface area contributed by atoms with Crippen molar-refractivity contribution in [1.82, 2.24) is 5.32 Å². The van der Waals surface area contributed by atoms with Crippen LogP contribution in [0.1, 0.15) is 23.6 Å². The van der Waals surface area contributed by atoms with E-state index in [9.17, 15) is 17.6 Å². The molecule has 0 unspecified atom stereocenters. The second-order valence-corrected chi connectivity index (χ2v) is 7.90. The summed E-state index contributed by atoms with van der Waals surface area (Å²) >= 11 is 0. The number of aryl methyl sites for hydroxylation is 1. The van der Waals surface area contributed by atoms with Crippen LogP contribution in [-0.2, 0) is 21.1 Å². The Bertz CT molecular complexity index is 791. The number of hydrogen-bond acceptors (Lipinski definition) is 3. The van der Waals surface area contributed by atoms with Crippen molar-refractivity contribution in [3.63, 3.8) is 0 Å². The lowest BCUT2D eigenvalue weighted by atomic mass is 10.1. The third-order valence-electron chi connectivity index (χ3n) is 3.59. The fourth-order valence-corrected chi connectivity index (χ4v) is 3.31. The highest BCUT2D eigenvalue weighted by molar-refractivity contribution is 7.90. The molecule has 1 atom stereocenters. The predicted octanol–water partition coefficient (Wildman–Crippen LogP) is 2.66. The maximum absolute atomic E-state index is 13.6. The number of benzene rings is 2. The molecule has 0 saturated heterocycles. The van der Waals surface area contributed by atoms with Gasteiger partial charge in [-0.05, 0) is 23.6 Å². The van der Waals surface area contributed by atoms with Crippen LogP contribution in [0.4, 0.5) is 4.39 Å². The first-order valence-electron chi connectivity index (χ1n) is 7.60. The maximum atomic E-state index is 13.6. The lowest BCUT2D eigenvalue weighted by molar-refractivity contribution is -0.121. The summed E-state index contributed by atoms with van der Waals surface area (Å²) in [6.45, 7) is 0. The first kappa shape index (κ1) is 18.1. The van der Waals surface area contributed by atoms with Gasteiger partial charge in [0.05, 0.1) is 11.8 Å². The number of sulfone groups is 1. The minimum atomic E-state index is -3.27. The molecule has 24 heavy (non-hydrogen) atoms. The number of amides is 1. The topological polar surface area (TPSA) is 63.2 Å². The van der Waals surface area contributed by atoms with Gasteiger partial charge in [-0.3, -0.25) is 4.79 Å². The minimum Gasteiger partial charge on any atom is -0.348 e. The predicted molar refractivity (Wildman–Crippen MR) is 91.8 cm³/mol. The van der Waals surface area contributed by atoms with Crippen LogP contribution in [0.5, 0.6) is 0 Å². The molecule has 2 aromatic carbocycles. The molecule has 0 saturated carbocycles. The maximum Gasteiger partial charge on any atom is 0.220 e. The van der Waals surface area contributed by atoms with E-state index in [1.807, 2.05) is 6.07 Å². The van der Waals surface area contributed by atoms with E-state index in [-0.39, 0.29) is 30.3 Å². The van der Waals surface area contributed by atoms with Gasteiger partial charge in [-0.25, -0.2) is 12.8 Å². The Balaban J connectivity index is 2.03. The standard InChI is InChI=1S/C18H20FNO3S/c1-24(22,23)13-17(15-8-3-2-4-9-15)20-18(21)12-11-14-7-5-6-10-16(14)19/h2-10,17H,11-13H2,1H3,(H,20,21)/t17-/m1/s1. The summed E-state index contributed by atoms with van der Waals surface area (Å²) in [5.74, 6) is -0.834. The van der Waals surface area contributed by atoms with Crippen molar-refractivity contribution in [2.75, 3.05) is 12.0 Å².